The van der Waals surface area contributed by atoms with Gasteiger partial charge < -0.3 is 38.2 Å². The second-order valence-electron chi connectivity index (χ2n) is 8.32. The van der Waals surface area contributed by atoms with E-state index in [1.54, 1.807) is 0 Å². The molecule has 2 aromatic rings. The van der Waals surface area contributed by atoms with Gasteiger partial charge in [-0.3, -0.25) is 0 Å². The molecule has 1 aliphatic heterocycles. The van der Waals surface area contributed by atoms with Crippen molar-refractivity contribution in [2.75, 3.05) is 115 Å². The van der Waals surface area contributed by atoms with Crippen molar-refractivity contribution < 1.29 is 28.4 Å². The van der Waals surface area contributed by atoms with E-state index in [1.807, 2.05) is 36.4 Å². The fourth-order valence-electron chi connectivity index (χ4n) is 3.80. The normalized spacial score (nSPS) is 19.9. The maximum atomic E-state index is 5.80. The van der Waals surface area contributed by atoms with Crippen LogP contribution in [0.5, 0.6) is 0 Å². The third-order valence-electron chi connectivity index (χ3n) is 5.75. The highest BCUT2D eigenvalue weighted by Crippen LogP contribution is 2.13. The zero-order chi connectivity index (χ0) is 24.9. The Bertz CT molecular complexity index is 678. The average molecular weight is 503 g/mol. The number of ether oxygens (including phenoxy) is 6. The minimum absolute atomic E-state index is 0.561. The van der Waals surface area contributed by atoms with E-state index in [2.05, 4.69) is 34.1 Å². The standard InChI is InChI=1S/C28H42N2O6/c1-3-7-27(8-4-1)29-11-15-31-19-23-35-25-21-33-17-13-30(28-9-5-2-6-10-28)14-18-34-22-26-36-24-20-32-16-12-29/h1-10H,11-26H2. The van der Waals surface area contributed by atoms with Gasteiger partial charge in [-0.25, -0.2) is 0 Å². The van der Waals surface area contributed by atoms with Gasteiger partial charge in [0.15, 0.2) is 0 Å². The van der Waals surface area contributed by atoms with E-state index in [9.17, 15) is 0 Å². The van der Waals surface area contributed by atoms with Crippen molar-refractivity contribution in [1.29, 1.82) is 0 Å². The summed E-state index contributed by atoms with van der Waals surface area (Å²) in [6.45, 7) is 10.2. The van der Waals surface area contributed by atoms with E-state index >= 15 is 0 Å². The lowest BCUT2D eigenvalue weighted by molar-refractivity contribution is 0.0126. The molecule has 0 unspecified atom stereocenters. The van der Waals surface area contributed by atoms with Crippen LogP contribution in [-0.4, -0.2) is 105 Å². The van der Waals surface area contributed by atoms with Crippen LogP contribution in [0.4, 0.5) is 11.4 Å². The van der Waals surface area contributed by atoms with Gasteiger partial charge in [0.2, 0.25) is 0 Å². The summed E-state index contributed by atoms with van der Waals surface area (Å²) >= 11 is 0. The van der Waals surface area contributed by atoms with Crippen LogP contribution in [0.25, 0.3) is 0 Å². The zero-order valence-corrected chi connectivity index (χ0v) is 21.4. The smallest absolute Gasteiger partial charge is 0.0701 e. The Balaban J connectivity index is 1.41. The molecule has 1 aliphatic rings. The molecule has 3 rings (SSSR count). The van der Waals surface area contributed by atoms with Crippen LogP contribution < -0.4 is 9.80 Å². The fourth-order valence-corrected chi connectivity index (χ4v) is 3.80. The SMILES string of the molecule is c1ccc(N2CCOCCOCCOCCN(c3ccccc3)CCOCCOCCOCC2)cc1. The Hall–Kier alpha value is -2.20. The number of hydrogen-bond donors (Lipinski definition) is 0. The minimum Gasteiger partial charge on any atom is -0.377 e. The molecule has 8 nitrogen and oxygen atoms in total. The first-order chi connectivity index (χ1) is 17.9. The topological polar surface area (TPSA) is 61.9 Å². The Morgan fingerprint density at radius 2 is 0.583 bits per heavy atom. The molecule has 0 radical (unpaired) electrons. The first kappa shape index (κ1) is 28.4. The third kappa shape index (κ3) is 12.2. The molecule has 2 aromatic carbocycles. The molecular formula is C28H42N2O6. The van der Waals surface area contributed by atoms with Crippen LogP contribution in [-0.2, 0) is 28.4 Å². The first-order valence-corrected chi connectivity index (χ1v) is 13.0. The molecule has 0 spiro atoms. The van der Waals surface area contributed by atoms with Crippen molar-refractivity contribution in [2.45, 2.75) is 0 Å². The Morgan fingerprint density at radius 3 is 0.861 bits per heavy atom. The van der Waals surface area contributed by atoms with Gasteiger partial charge in [-0.15, -0.1) is 0 Å². The van der Waals surface area contributed by atoms with Gasteiger partial charge in [0.25, 0.3) is 0 Å². The maximum Gasteiger partial charge on any atom is 0.0701 e. The first-order valence-electron chi connectivity index (χ1n) is 13.0. The molecule has 1 saturated heterocycles. The van der Waals surface area contributed by atoms with E-state index in [4.69, 9.17) is 28.4 Å². The van der Waals surface area contributed by atoms with Crippen molar-refractivity contribution in [2.24, 2.45) is 0 Å². The molecule has 0 amide bonds. The predicted molar refractivity (Wildman–Crippen MR) is 142 cm³/mol. The van der Waals surface area contributed by atoms with Crippen molar-refractivity contribution in [1.82, 2.24) is 0 Å². The van der Waals surface area contributed by atoms with Crippen LogP contribution in [0.15, 0.2) is 60.7 Å². The van der Waals surface area contributed by atoms with Gasteiger partial charge in [-0.1, -0.05) is 36.4 Å². The van der Waals surface area contributed by atoms with E-state index < -0.39 is 0 Å². The second kappa shape index (κ2) is 19.0. The summed E-state index contributed by atoms with van der Waals surface area (Å²) in [6.07, 6.45) is 0. The quantitative estimate of drug-likeness (QED) is 0.621. The molecule has 0 atom stereocenters. The van der Waals surface area contributed by atoms with Crippen molar-refractivity contribution >= 4 is 11.4 Å². The van der Waals surface area contributed by atoms with E-state index in [1.165, 1.54) is 11.4 Å². The molecule has 0 aliphatic carbocycles. The van der Waals surface area contributed by atoms with Crippen LogP contribution in [0, 0.1) is 0 Å². The lowest BCUT2D eigenvalue weighted by Gasteiger charge is -2.25. The molecule has 1 fully saturated rings. The summed E-state index contributed by atoms with van der Waals surface area (Å²) in [5.74, 6) is 0. The molecule has 8 heteroatoms. The summed E-state index contributed by atoms with van der Waals surface area (Å²) in [6, 6.07) is 20.7. The number of rotatable bonds is 2. The Labute approximate surface area is 216 Å². The van der Waals surface area contributed by atoms with Gasteiger partial charge >= 0.3 is 0 Å². The summed E-state index contributed by atoms with van der Waals surface area (Å²) < 4.78 is 34.5. The minimum atomic E-state index is 0.561. The number of anilines is 2. The second-order valence-corrected chi connectivity index (χ2v) is 8.32. The lowest BCUT2D eigenvalue weighted by atomic mass is 10.3. The number of hydrogen-bond acceptors (Lipinski definition) is 8. The Morgan fingerprint density at radius 1 is 0.333 bits per heavy atom. The molecule has 0 aromatic heterocycles. The van der Waals surface area contributed by atoms with Crippen molar-refractivity contribution in [3.05, 3.63) is 60.7 Å². The van der Waals surface area contributed by atoms with Gasteiger partial charge in [0.05, 0.1) is 79.3 Å². The highest BCUT2D eigenvalue weighted by Gasteiger charge is 2.08. The Kier molecular flexibility index (Phi) is 15.0. The largest absolute Gasteiger partial charge is 0.377 e. The van der Waals surface area contributed by atoms with Crippen LogP contribution in [0.3, 0.4) is 0 Å². The fraction of sp³-hybridized carbons (Fsp3) is 0.571. The van der Waals surface area contributed by atoms with Gasteiger partial charge in [0, 0.05) is 37.6 Å². The molecule has 0 bridgehead atoms. The highest BCUT2D eigenvalue weighted by molar-refractivity contribution is 5.46. The molecule has 0 N–H and O–H groups in total. The number of benzene rings is 2. The highest BCUT2D eigenvalue weighted by atomic mass is 16.5. The maximum absolute atomic E-state index is 5.80. The summed E-state index contributed by atoms with van der Waals surface area (Å²) in [7, 11) is 0. The number of para-hydroxylation sites is 2. The van der Waals surface area contributed by atoms with Crippen LogP contribution >= 0.6 is 0 Å². The van der Waals surface area contributed by atoms with Crippen molar-refractivity contribution in [3.8, 4) is 0 Å². The predicted octanol–water partition coefficient (Wildman–Crippen LogP) is 3.11. The molecule has 1 heterocycles. The van der Waals surface area contributed by atoms with E-state index in [0.717, 1.165) is 26.2 Å². The monoisotopic (exact) mass is 502 g/mol. The van der Waals surface area contributed by atoms with Crippen LogP contribution in [0.1, 0.15) is 0 Å². The summed E-state index contributed by atoms with van der Waals surface area (Å²) in [5, 5.41) is 0. The zero-order valence-electron chi connectivity index (χ0n) is 21.4. The third-order valence-corrected chi connectivity index (χ3v) is 5.75. The summed E-state index contributed by atoms with van der Waals surface area (Å²) in [5.41, 5.74) is 2.33. The van der Waals surface area contributed by atoms with E-state index in [-0.39, 0.29) is 0 Å². The van der Waals surface area contributed by atoms with Gasteiger partial charge in [-0.2, -0.15) is 0 Å². The summed E-state index contributed by atoms with van der Waals surface area (Å²) in [4.78, 5) is 4.56. The van der Waals surface area contributed by atoms with Crippen molar-refractivity contribution in [3.63, 3.8) is 0 Å². The molecule has 36 heavy (non-hydrogen) atoms. The van der Waals surface area contributed by atoms with Gasteiger partial charge in [-0.05, 0) is 24.3 Å². The molecule has 200 valence electrons. The lowest BCUT2D eigenvalue weighted by Crippen LogP contribution is -2.32. The van der Waals surface area contributed by atoms with Crippen LogP contribution in [0.2, 0.25) is 0 Å². The molecule has 0 saturated carbocycles. The average Bonchev–Trinajstić information content (AvgIpc) is 2.92. The molecular weight excluding hydrogens is 460 g/mol. The number of nitrogens with zero attached hydrogens (tertiary/aromatic N) is 2. The van der Waals surface area contributed by atoms with Gasteiger partial charge in [0.1, 0.15) is 0 Å². The van der Waals surface area contributed by atoms with E-state index in [0.29, 0.717) is 79.3 Å².